The molecule has 1 unspecified atom stereocenters. The molecule has 5 rings (SSSR count). The zero-order valence-corrected chi connectivity index (χ0v) is 17.5. The summed E-state index contributed by atoms with van der Waals surface area (Å²) in [5, 5.41) is 0.459. The van der Waals surface area contributed by atoms with Crippen molar-refractivity contribution in [2.45, 2.75) is 6.04 Å². The minimum atomic E-state index is -0.597. The van der Waals surface area contributed by atoms with E-state index in [0.29, 0.717) is 28.0 Å². The Balaban J connectivity index is 1.78. The zero-order chi connectivity index (χ0) is 20.8. The molecular weight excluding hydrogens is 446 g/mol. The predicted octanol–water partition coefficient (Wildman–Crippen LogP) is 5.31. The molecule has 0 N–H and O–H groups in total. The Labute approximate surface area is 180 Å². The van der Waals surface area contributed by atoms with Gasteiger partial charge in [0, 0.05) is 10.2 Å². The maximum absolute atomic E-state index is 13.4. The first-order valence-corrected chi connectivity index (χ1v) is 10.2. The number of anilines is 1. The largest absolute Gasteiger partial charge is 0.497 e. The minimum Gasteiger partial charge on any atom is -0.497 e. The van der Waals surface area contributed by atoms with Gasteiger partial charge < -0.3 is 9.15 Å². The van der Waals surface area contributed by atoms with E-state index in [2.05, 4.69) is 15.9 Å². The quantitative estimate of drug-likeness (QED) is 0.414. The number of hydrogen-bond acceptors (Lipinski definition) is 4. The van der Waals surface area contributed by atoms with Gasteiger partial charge in [-0.2, -0.15) is 0 Å². The van der Waals surface area contributed by atoms with E-state index in [4.69, 9.17) is 9.15 Å². The lowest BCUT2D eigenvalue weighted by Crippen LogP contribution is -2.29. The second-order valence-electron chi connectivity index (χ2n) is 7.00. The summed E-state index contributed by atoms with van der Waals surface area (Å²) in [4.78, 5) is 28.5. The maximum atomic E-state index is 13.4. The van der Waals surface area contributed by atoms with E-state index in [1.807, 2.05) is 48.5 Å². The van der Waals surface area contributed by atoms with Crippen LogP contribution in [0.4, 0.5) is 5.69 Å². The second kappa shape index (κ2) is 7.15. The normalized spacial score (nSPS) is 15.5. The first-order chi connectivity index (χ1) is 14.6. The number of halogens is 1. The highest BCUT2D eigenvalue weighted by atomic mass is 79.9. The zero-order valence-electron chi connectivity index (χ0n) is 16.0. The van der Waals surface area contributed by atoms with Crippen LogP contribution < -0.4 is 15.1 Å². The Kier molecular flexibility index (Phi) is 4.44. The number of ether oxygens (including phenoxy) is 1. The number of carbonyl (C=O) groups excluding carboxylic acids is 1. The van der Waals surface area contributed by atoms with Gasteiger partial charge in [-0.1, -0.05) is 40.2 Å². The van der Waals surface area contributed by atoms with E-state index < -0.39 is 6.04 Å². The number of amides is 1. The number of carbonyl (C=O) groups is 1. The number of para-hydroxylation sites is 1. The molecule has 1 aliphatic rings. The third-order valence-electron chi connectivity index (χ3n) is 5.31. The summed E-state index contributed by atoms with van der Waals surface area (Å²) in [6, 6.07) is 21.2. The number of rotatable bonds is 3. The average Bonchev–Trinajstić information content (AvgIpc) is 3.07. The highest BCUT2D eigenvalue weighted by molar-refractivity contribution is 9.10. The van der Waals surface area contributed by atoms with Crippen LogP contribution in [0.5, 0.6) is 5.75 Å². The van der Waals surface area contributed by atoms with Crippen LogP contribution >= 0.6 is 15.9 Å². The first-order valence-electron chi connectivity index (χ1n) is 9.37. The molecule has 0 fully saturated rings. The Bertz CT molecular complexity index is 1330. The monoisotopic (exact) mass is 461 g/mol. The van der Waals surface area contributed by atoms with Gasteiger partial charge in [-0.15, -0.1) is 0 Å². The predicted molar refractivity (Wildman–Crippen MR) is 118 cm³/mol. The van der Waals surface area contributed by atoms with Crippen LogP contribution in [0.15, 0.2) is 86.5 Å². The molecule has 3 aromatic carbocycles. The second-order valence-corrected chi connectivity index (χ2v) is 7.91. The van der Waals surface area contributed by atoms with Crippen molar-refractivity contribution >= 4 is 38.5 Å². The summed E-state index contributed by atoms with van der Waals surface area (Å²) >= 11 is 3.43. The standard InChI is InChI=1S/C24H16BrNO4/c1-29-17-12-6-14(7-13-17)21-20-22(27)18-4-2-3-5-19(18)30-23(20)24(28)26(21)16-10-8-15(25)9-11-16/h2-13,21H,1H3. The highest BCUT2D eigenvalue weighted by Gasteiger charge is 2.43. The van der Waals surface area contributed by atoms with E-state index in [9.17, 15) is 9.59 Å². The van der Waals surface area contributed by atoms with Crippen molar-refractivity contribution in [3.63, 3.8) is 0 Å². The molecule has 0 saturated heterocycles. The van der Waals surface area contributed by atoms with Gasteiger partial charge in [-0.3, -0.25) is 14.5 Å². The molecule has 5 nitrogen and oxygen atoms in total. The van der Waals surface area contributed by atoms with E-state index in [-0.39, 0.29) is 17.1 Å². The Morgan fingerprint density at radius 3 is 2.33 bits per heavy atom. The maximum Gasteiger partial charge on any atom is 0.295 e. The lowest BCUT2D eigenvalue weighted by atomic mass is 9.98. The van der Waals surface area contributed by atoms with Gasteiger partial charge in [0.15, 0.2) is 5.43 Å². The van der Waals surface area contributed by atoms with Crippen molar-refractivity contribution in [1.29, 1.82) is 0 Å². The smallest absolute Gasteiger partial charge is 0.295 e. The molecule has 0 aliphatic carbocycles. The van der Waals surface area contributed by atoms with E-state index in [1.54, 1.807) is 36.3 Å². The van der Waals surface area contributed by atoms with Crippen LogP contribution in [0.25, 0.3) is 11.0 Å². The van der Waals surface area contributed by atoms with Gasteiger partial charge in [0.2, 0.25) is 5.76 Å². The topological polar surface area (TPSA) is 59.8 Å². The summed E-state index contributed by atoms with van der Waals surface area (Å²) in [6.45, 7) is 0. The fraction of sp³-hybridized carbons (Fsp3) is 0.0833. The van der Waals surface area contributed by atoms with Gasteiger partial charge in [0.25, 0.3) is 5.91 Å². The highest BCUT2D eigenvalue weighted by Crippen LogP contribution is 2.41. The summed E-state index contributed by atoms with van der Waals surface area (Å²) in [7, 11) is 1.60. The molecule has 0 saturated carbocycles. The SMILES string of the molecule is COc1ccc(C2c3c(oc4ccccc4c3=O)C(=O)N2c2ccc(Br)cc2)cc1. The van der Waals surface area contributed by atoms with Crippen LogP contribution in [0.1, 0.15) is 27.7 Å². The van der Waals surface area contributed by atoms with Crippen LogP contribution in [0.3, 0.4) is 0 Å². The van der Waals surface area contributed by atoms with Gasteiger partial charge in [-0.05, 0) is 54.1 Å². The Morgan fingerprint density at radius 2 is 1.63 bits per heavy atom. The number of nitrogens with zero attached hydrogens (tertiary/aromatic N) is 1. The van der Waals surface area contributed by atoms with Crippen molar-refractivity contribution in [3.05, 3.63) is 104 Å². The molecule has 1 aliphatic heterocycles. The molecule has 1 aromatic heterocycles. The molecular formula is C24H16BrNO4. The number of benzene rings is 3. The van der Waals surface area contributed by atoms with Crippen molar-refractivity contribution in [2.75, 3.05) is 12.0 Å². The Hall–Kier alpha value is -3.38. The lowest BCUT2D eigenvalue weighted by Gasteiger charge is -2.25. The van der Waals surface area contributed by atoms with Crippen LogP contribution in [-0.4, -0.2) is 13.0 Å². The Morgan fingerprint density at radius 1 is 0.933 bits per heavy atom. The van der Waals surface area contributed by atoms with E-state index in [1.165, 1.54) is 0 Å². The number of fused-ring (bicyclic) bond motifs is 2. The summed E-state index contributed by atoms with van der Waals surface area (Å²) < 4.78 is 12.1. The molecule has 4 aromatic rings. The average molecular weight is 462 g/mol. The third-order valence-corrected chi connectivity index (χ3v) is 5.84. The summed E-state index contributed by atoms with van der Waals surface area (Å²) in [5.74, 6) is 0.447. The molecule has 30 heavy (non-hydrogen) atoms. The minimum absolute atomic E-state index is 0.0856. The lowest BCUT2D eigenvalue weighted by molar-refractivity contribution is 0.0971. The fourth-order valence-corrected chi connectivity index (χ4v) is 4.15. The van der Waals surface area contributed by atoms with Crippen LogP contribution in [0.2, 0.25) is 0 Å². The van der Waals surface area contributed by atoms with Gasteiger partial charge in [0.05, 0.1) is 24.1 Å². The van der Waals surface area contributed by atoms with Crippen molar-refractivity contribution in [1.82, 2.24) is 0 Å². The molecule has 0 bridgehead atoms. The van der Waals surface area contributed by atoms with Crippen LogP contribution in [0, 0.1) is 0 Å². The van der Waals surface area contributed by atoms with Gasteiger partial charge >= 0.3 is 0 Å². The molecule has 148 valence electrons. The summed E-state index contributed by atoms with van der Waals surface area (Å²) in [6.07, 6.45) is 0. The van der Waals surface area contributed by atoms with Crippen LogP contribution in [-0.2, 0) is 0 Å². The number of hydrogen-bond donors (Lipinski definition) is 0. The van der Waals surface area contributed by atoms with Gasteiger partial charge in [0.1, 0.15) is 11.3 Å². The molecule has 6 heteroatoms. The van der Waals surface area contributed by atoms with E-state index >= 15 is 0 Å². The van der Waals surface area contributed by atoms with Crippen molar-refractivity contribution in [2.24, 2.45) is 0 Å². The van der Waals surface area contributed by atoms with Crippen molar-refractivity contribution in [3.8, 4) is 5.75 Å². The molecule has 0 radical (unpaired) electrons. The molecule has 1 atom stereocenters. The van der Waals surface area contributed by atoms with Gasteiger partial charge in [-0.25, -0.2) is 0 Å². The first kappa shape index (κ1) is 18.6. The number of methoxy groups -OCH3 is 1. The fourth-order valence-electron chi connectivity index (χ4n) is 3.89. The molecule has 1 amide bonds. The van der Waals surface area contributed by atoms with Crippen molar-refractivity contribution < 1.29 is 13.9 Å². The van der Waals surface area contributed by atoms with E-state index in [0.717, 1.165) is 10.0 Å². The third kappa shape index (κ3) is 2.83. The molecule has 2 heterocycles. The molecule has 0 spiro atoms. The summed E-state index contributed by atoms with van der Waals surface area (Å²) in [5.41, 5.74) is 2.04.